The van der Waals surface area contributed by atoms with Crippen molar-refractivity contribution >= 4 is 34.5 Å². The standard InChI is InChI=1S/C21H20F3N7O3/c22-21(23,24)34-13-3-1-2-12(7-13)29-20(33)15-6-11-4-5-14(11)31(15)16(32)8-30-10-28-17-18(25)26-9-27-19(17)30/h1-3,7,9-11,14-15H,4-6,8H2,(H,29,33)(H2,25,26,27)/t11-,14-,15+/m1/s1. The number of benzene rings is 1. The first-order valence-electron chi connectivity index (χ1n) is 10.6. The molecule has 34 heavy (non-hydrogen) atoms. The second kappa shape index (κ2) is 8.15. The zero-order valence-corrected chi connectivity index (χ0v) is 17.7. The van der Waals surface area contributed by atoms with Gasteiger partial charge in [-0.3, -0.25) is 9.59 Å². The van der Waals surface area contributed by atoms with E-state index in [9.17, 15) is 22.8 Å². The van der Waals surface area contributed by atoms with E-state index in [1.54, 1.807) is 9.47 Å². The minimum atomic E-state index is -4.84. The third-order valence-corrected chi connectivity index (χ3v) is 6.26. The number of hydrogen-bond donors (Lipinski definition) is 2. The zero-order chi connectivity index (χ0) is 24.0. The molecule has 13 heteroatoms. The molecule has 2 amide bonds. The van der Waals surface area contributed by atoms with Crippen molar-refractivity contribution < 1.29 is 27.5 Å². The number of hydrogen-bond acceptors (Lipinski definition) is 7. The number of nitrogen functional groups attached to an aromatic ring is 1. The van der Waals surface area contributed by atoms with Gasteiger partial charge in [0.15, 0.2) is 11.5 Å². The number of anilines is 2. The van der Waals surface area contributed by atoms with Crippen LogP contribution in [0.15, 0.2) is 36.9 Å². The van der Waals surface area contributed by atoms with Crippen molar-refractivity contribution in [1.29, 1.82) is 0 Å². The van der Waals surface area contributed by atoms with Crippen LogP contribution < -0.4 is 15.8 Å². The van der Waals surface area contributed by atoms with Gasteiger partial charge in [0, 0.05) is 17.8 Å². The summed E-state index contributed by atoms with van der Waals surface area (Å²) in [6.07, 6.45) is 0.0678. The second-order valence-corrected chi connectivity index (χ2v) is 8.33. The quantitative estimate of drug-likeness (QED) is 0.580. The molecular weight excluding hydrogens is 455 g/mol. The van der Waals surface area contributed by atoms with Gasteiger partial charge in [0.1, 0.15) is 30.2 Å². The molecule has 3 atom stereocenters. The summed E-state index contributed by atoms with van der Waals surface area (Å²) in [6.45, 7) is -0.0884. The van der Waals surface area contributed by atoms with Gasteiger partial charge >= 0.3 is 6.36 Å². The van der Waals surface area contributed by atoms with Gasteiger partial charge in [-0.15, -0.1) is 13.2 Å². The smallest absolute Gasteiger partial charge is 0.406 e. The Balaban J connectivity index is 1.33. The predicted octanol–water partition coefficient (Wildman–Crippen LogP) is 2.33. The average Bonchev–Trinajstić information content (AvgIpc) is 3.26. The fourth-order valence-electron chi connectivity index (χ4n) is 4.65. The highest BCUT2D eigenvalue weighted by molar-refractivity contribution is 5.98. The van der Waals surface area contributed by atoms with Crippen molar-refractivity contribution in [2.75, 3.05) is 11.1 Å². The molecule has 3 heterocycles. The number of nitrogens with one attached hydrogen (secondary N) is 1. The molecule has 0 spiro atoms. The number of rotatable bonds is 5. The Kier molecular flexibility index (Phi) is 5.25. The number of ether oxygens (including phenoxy) is 1. The van der Waals surface area contributed by atoms with E-state index in [2.05, 4.69) is 25.0 Å². The maximum absolute atomic E-state index is 13.3. The van der Waals surface area contributed by atoms with Crippen LogP contribution in [-0.4, -0.2) is 54.7 Å². The highest BCUT2D eigenvalue weighted by Gasteiger charge is 2.51. The summed E-state index contributed by atoms with van der Waals surface area (Å²) in [7, 11) is 0. The van der Waals surface area contributed by atoms with Gasteiger partial charge in [-0.1, -0.05) is 6.07 Å². The molecule has 2 aliphatic rings. The normalized spacial score (nSPS) is 21.7. The number of nitrogens with zero attached hydrogens (tertiary/aromatic N) is 5. The topological polar surface area (TPSA) is 128 Å². The van der Waals surface area contributed by atoms with Crippen LogP contribution in [0.5, 0.6) is 5.75 Å². The molecule has 0 unspecified atom stereocenters. The molecule has 1 aliphatic carbocycles. The van der Waals surface area contributed by atoms with Crippen molar-refractivity contribution in [3.05, 3.63) is 36.9 Å². The van der Waals surface area contributed by atoms with E-state index in [0.717, 1.165) is 25.0 Å². The van der Waals surface area contributed by atoms with Gasteiger partial charge in [-0.05, 0) is 37.3 Å². The van der Waals surface area contributed by atoms with Crippen LogP contribution in [0, 0.1) is 5.92 Å². The number of nitrogens with two attached hydrogens (primary N) is 1. The Morgan fingerprint density at radius 3 is 2.76 bits per heavy atom. The maximum Gasteiger partial charge on any atom is 0.573 e. The van der Waals surface area contributed by atoms with Crippen LogP contribution in [0.25, 0.3) is 11.2 Å². The number of carbonyl (C=O) groups is 2. The average molecular weight is 475 g/mol. The number of fused-ring (bicyclic) bond motifs is 2. The summed E-state index contributed by atoms with van der Waals surface area (Å²) >= 11 is 0. The van der Waals surface area contributed by atoms with Gasteiger partial charge < -0.3 is 25.3 Å². The first kappa shape index (κ1) is 21.9. The molecule has 1 saturated carbocycles. The van der Waals surface area contributed by atoms with Crippen LogP contribution in [0.2, 0.25) is 0 Å². The fourth-order valence-corrected chi connectivity index (χ4v) is 4.65. The second-order valence-electron chi connectivity index (χ2n) is 8.33. The van der Waals surface area contributed by atoms with Crippen LogP contribution in [0.1, 0.15) is 19.3 Å². The zero-order valence-electron chi connectivity index (χ0n) is 17.7. The molecular formula is C21H20F3N7O3. The lowest BCUT2D eigenvalue weighted by atomic mass is 9.80. The van der Waals surface area contributed by atoms with Crippen molar-refractivity contribution in [3.63, 3.8) is 0 Å². The molecule has 3 N–H and O–H groups in total. The summed E-state index contributed by atoms with van der Waals surface area (Å²) in [5, 5.41) is 2.62. The number of amides is 2. The molecule has 1 aromatic carbocycles. The SMILES string of the molecule is Nc1ncnc2c1ncn2CC(=O)N1[C@@H]2CC[C@@H]2C[C@H]1C(=O)Nc1cccc(OC(F)(F)F)c1. The van der Waals surface area contributed by atoms with E-state index < -0.39 is 24.1 Å². The molecule has 3 aromatic rings. The van der Waals surface area contributed by atoms with Gasteiger partial charge in [0.2, 0.25) is 11.8 Å². The Morgan fingerprint density at radius 1 is 1.21 bits per heavy atom. The van der Waals surface area contributed by atoms with Gasteiger partial charge in [-0.2, -0.15) is 0 Å². The third-order valence-electron chi connectivity index (χ3n) is 6.26. The Bertz CT molecular complexity index is 1260. The number of imidazole rings is 1. The molecule has 178 valence electrons. The molecule has 2 fully saturated rings. The van der Waals surface area contributed by atoms with E-state index in [1.165, 1.54) is 24.8 Å². The van der Waals surface area contributed by atoms with E-state index in [0.29, 0.717) is 17.6 Å². The summed E-state index contributed by atoms with van der Waals surface area (Å²) in [5.74, 6) is -0.785. The molecule has 0 radical (unpaired) electrons. The lowest BCUT2D eigenvalue weighted by Crippen LogP contribution is -2.50. The van der Waals surface area contributed by atoms with E-state index >= 15 is 0 Å². The van der Waals surface area contributed by atoms with Crippen molar-refractivity contribution in [1.82, 2.24) is 24.4 Å². The summed E-state index contributed by atoms with van der Waals surface area (Å²) in [6, 6.07) is 4.22. The number of aromatic nitrogens is 4. The molecule has 5 rings (SSSR count). The summed E-state index contributed by atoms with van der Waals surface area (Å²) in [4.78, 5) is 40.1. The summed E-state index contributed by atoms with van der Waals surface area (Å²) < 4.78 is 43.0. The number of halogens is 3. The minimum Gasteiger partial charge on any atom is -0.406 e. The molecule has 1 saturated heterocycles. The lowest BCUT2D eigenvalue weighted by molar-refractivity contribution is -0.274. The van der Waals surface area contributed by atoms with Gasteiger partial charge in [-0.25, -0.2) is 15.0 Å². The number of likely N-dealkylation sites (tertiary alicyclic amines) is 1. The van der Waals surface area contributed by atoms with Crippen molar-refractivity contribution in [2.45, 2.75) is 44.3 Å². The highest BCUT2D eigenvalue weighted by Crippen LogP contribution is 2.44. The van der Waals surface area contributed by atoms with E-state index in [1.807, 2.05) is 0 Å². The van der Waals surface area contributed by atoms with Crippen molar-refractivity contribution in [3.8, 4) is 5.75 Å². The maximum atomic E-state index is 13.3. The van der Waals surface area contributed by atoms with E-state index in [4.69, 9.17) is 5.73 Å². The Hall–Kier alpha value is -3.90. The molecule has 1 aliphatic heterocycles. The molecule has 2 aromatic heterocycles. The van der Waals surface area contributed by atoms with Gasteiger partial charge in [0.05, 0.1) is 6.33 Å². The predicted molar refractivity (Wildman–Crippen MR) is 113 cm³/mol. The monoisotopic (exact) mass is 475 g/mol. The number of alkyl halides is 3. The first-order valence-corrected chi connectivity index (χ1v) is 10.6. The van der Waals surface area contributed by atoms with Crippen LogP contribution in [-0.2, 0) is 16.1 Å². The van der Waals surface area contributed by atoms with Crippen LogP contribution in [0.3, 0.4) is 0 Å². The first-order chi connectivity index (χ1) is 16.2. The van der Waals surface area contributed by atoms with Crippen LogP contribution in [0.4, 0.5) is 24.7 Å². The van der Waals surface area contributed by atoms with Gasteiger partial charge in [0.25, 0.3) is 0 Å². The molecule has 0 bridgehead atoms. The Morgan fingerprint density at radius 2 is 2.03 bits per heavy atom. The molecule has 10 nitrogen and oxygen atoms in total. The van der Waals surface area contributed by atoms with Crippen molar-refractivity contribution in [2.24, 2.45) is 5.92 Å². The number of carbonyl (C=O) groups excluding carboxylic acids is 2. The Labute approximate surface area is 190 Å². The fraction of sp³-hybridized carbons (Fsp3) is 0.381. The largest absolute Gasteiger partial charge is 0.573 e. The van der Waals surface area contributed by atoms with E-state index in [-0.39, 0.29) is 35.9 Å². The third kappa shape index (κ3) is 4.08. The minimum absolute atomic E-state index is 0.0578. The van der Waals surface area contributed by atoms with Crippen LogP contribution >= 0.6 is 0 Å². The lowest BCUT2D eigenvalue weighted by Gasteiger charge is -2.37. The summed E-state index contributed by atoms with van der Waals surface area (Å²) in [5.41, 5.74) is 6.74. The highest BCUT2D eigenvalue weighted by atomic mass is 19.4.